The lowest BCUT2D eigenvalue weighted by molar-refractivity contribution is 0.627. The van der Waals surface area contributed by atoms with Gasteiger partial charge in [-0.05, 0) is 58.3 Å². The molecule has 38 heavy (non-hydrogen) atoms. The van der Waals surface area contributed by atoms with Gasteiger partial charge in [0.2, 0.25) is 0 Å². The molecule has 0 unspecified atom stereocenters. The fraction of sp³-hybridized carbons (Fsp3) is 0.0857. The molecule has 4 aromatic carbocycles. The topological polar surface area (TPSA) is 29.0 Å². The zero-order valence-corrected chi connectivity index (χ0v) is 21.5. The molecule has 0 saturated carbocycles. The lowest BCUT2D eigenvalue weighted by Crippen LogP contribution is -2.31. The van der Waals surface area contributed by atoms with Crippen LogP contribution in [-0.4, -0.2) is 9.97 Å². The van der Waals surface area contributed by atoms with Crippen molar-refractivity contribution in [1.29, 1.82) is 0 Å². The van der Waals surface area contributed by atoms with Crippen LogP contribution in [0.1, 0.15) is 25.0 Å². The van der Waals surface area contributed by atoms with Crippen molar-refractivity contribution < 1.29 is 0 Å². The molecule has 7 rings (SSSR count). The third-order valence-electron chi connectivity index (χ3n) is 7.76. The summed E-state index contributed by atoms with van der Waals surface area (Å²) in [5, 5.41) is 2.48. The Labute approximate surface area is 223 Å². The average Bonchev–Trinajstić information content (AvgIpc) is 2.98. The van der Waals surface area contributed by atoms with E-state index in [-0.39, 0.29) is 5.41 Å². The smallest absolute Gasteiger partial charge is 0.141 e. The van der Waals surface area contributed by atoms with Crippen molar-refractivity contribution in [2.45, 2.75) is 19.3 Å². The van der Waals surface area contributed by atoms with Crippen LogP contribution in [0, 0.1) is 0 Å². The van der Waals surface area contributed by atoms with Crippen LogP contribution in [0.4, 0.5) is 17.2 Å². The molecule has 0 N–H and O–H groups in total. The van der Waals surface area contributed by atoms with Gasteiger partial charge in [0.05, 0.1) is 11.4 Å². The molecule has 0 spiro atoms. The number of pyridine rings is 2. The zero-order chi connectivity index (χ0) is 25.7. The fourth-order valence-corrected chi connectivity index (χ4v) is 5.75. The standard InChI is InChI=1S/C35H27N3/c1-35(2)30-16-9-21-36-34(30)38(27-12-4-3-5-13-27)33-20-18-25(22-31(33)35)32-19-17-26(23-37-32)29-15-8-11-24-10-6-7-14-28(24)29/h3-23H,1-2H3. The molecule has 3 heteroatoms. The van der Waals surface area contributed by atoms with Gasteiger partial charge in [0.15, 0.2) is 0 Å². The number of benzene rings is 4. The summed E-state index contributed by atoms with van der Waals surface area (Å²) in [6.45, 7) is 4.57. The van der Waals surface area contributed by atoms with Crippen LogP contribution in [0.2, 0.25) is 0 Å². The van der Waals surface area contributed by atoms with E-state index >= 15 is 0 Å². The van der Waals surface area contributed by atoms with Gasteiger partial charge in [-0.2, -0.15) is 0 Å². The number of aromatic nitrogens is 2. The van der Waals surface area contributed by atoms with E-state index in [1.165, 1.54) is 27.5 Å². The monoisotopic (exact) mass is 489 g/mol. The van der Waals surface area contributed by atoms with Gasteiger partial charge >= 0.3 is 0 Å². The van der Waals surface area contributed by atoms with Gasteiger partial charge in [-0.3, -0.25) is 9.88 Å². The first-order valence-electron chi connectivity index (χ1n) is 13.0. The Balaban J connectivity index is 1.33. The van der Waals surface area contributed by atoms with Crippen LogP contribution in [0.3, 0.4) is 0 Å². The third-order valence-corrected chi connectivity index (χ3v) is 7.76. The minimum absolute atomic E-state index is 0.205. The Kier molecular flexibility index (Phi) is 5.12. The van der Waals surface area contributed by atoms with Crippen LogP contribution in [-0.2, 0) is 5.41 Å². The lowest BCUT2D eigenvalue weighted by Gasteiger charge is -2.41. The first-order valence-corrected chi connectivity index (χ1v) is 13.0. The molecule has 0 aliphatic carbocycles. The van der Waals surface area contributed by atoms with Crippen molar-refractivity contribution >= 4 is 28.0 Å². The van der Waals surface area contributed by atoms with Crippen molar-refractivity contribution in [3.63, 3.8) is 0 Å². The number of hydrogen-bond acceptors (Lipinski definition) is 3. The maximum Gasteiger partial charge on any atom is 0.141 e. The number of rotatable bonds is 3. The van der Waals surface area contributed by atoms with Gasteiger partial charge in [0, 0.05) is 40.2 Å². The van der Waals surface area contributed by atoms with Crippen LogP contribution in [0.25, 0.3) is 33.2 Å². The highest BCUT2D eigenvalue weighted by Gasteiger charge is 2.37. The molecular formula is C35H27N3. The van der Waals surface area contributed by atoms with Crippen molar-refractivity contribution in [2.24, 2.45) is 0 Å². The van der Waals surface area contributed by atoms with E-state index in [1.54, 1.807) is 0 Å². The predicted octanol–water partition coefficient (Wildman–Crippen LogP) is 9.07. The molecule has 182 valence electrons. The highest BCUT2D eigenvalue weighted by atomic mass is 15.2. The molecule has 0 radical (unpaired) electrons. The lowest BCUT2D eigenvalue weighted by atomic mass is 9.74. The van der Waals surface area contributed by atoms with Crippen LogP contribution in [0.5, 0.6) is 0 Å². The maximum absolute atomic E-state index is 4.92. The summed E-state index contributed by atoms with van der Waals surface area (Å²) < 4.78 is 0. The molecule has 0 bridgehead atoms. The van der Waals surface area contributed by atoms with E-state index in [0.29, 0.717) is 0 Å². The molecule has 3 heterocycles. The Hall–Kier alpha value is -4.76. The van der Waals surface area contributed by atoms with Gasteiger partial charge in [-0.15, -0.1) is 0 Å². The van der Waals surface area contributed by atoms with E-state index in [1.807, 2.05) is 24.5 Å². The molecule has 6 aromatic rings. The van der Waals surface area contributed by atoms with E-state index in [9.17, 15) is 0 Å². The Morgan fingerprint density at radius 2 is 1.42 bits per heavy atom. The van der Waals surface area contributed by atoms with Gasteiger partial charge in [0.1, 0.15) is 5.82 Å². The average molecular weight is 490 g/mol. The second-order valence-electron chi connectivity index (χ2n) is 10.4. The van der Waals surface area contributed by atoms with E-state index in [0.717, 1.165) is 34.0 Å². The largest absolute Gasteiger partial charge is 0.294 e. The van der Waals surface area contributed by atoms with Crippen LogP contribution < -0.4 is 4.90 Å². The van der Waals surface area contributed by atoms with Crippen molar-refractivity contribution in [1.82, 2.24) is 9.97 Å². The van der Waals surface area contributed by atoms with Crippen molar-refractivity contribution in [3.8, 4) is 22.4 Å². The summed E-state index contributed by atoms with van der Waals surface area (Å²) >= 11 is 0. The van der Waals surface area contributed by atoms with Crippen LogP contribution >= 0.6 is 0 Å². The van der Waals surface area contributed by atoms with Crippen molar-refractivity contribution in [3.05, 3.63) is 139 Å². The Bertz CT molecular complexity index is 1780. The van der Waals surface area contributed by atoms with Gasteiger partial charge in [-0.1, -0.05) is 92.7 Å². The Morgan fingerprint density at radius 1 is 0.632 bits per heavy atom. The van der Waals surface area contributed by atoms with Crippen LogP contribution in [0.15, 0.2) is 128 Å². The SMILES string of the molecule is CC1(C)c2cc(-c3ccc(-c4cccc5ccccc45)cn3)ccc2N(c2ccccc2)c2ncccc21. The number of para-hydroxylation sites is 1. The van der Waals surface area contributed by atoms with Crippen molar-refractivity contribution in [2.75, 3.05) is 4.90 Å². The summed E-state index contributed by atoms with van der Waals surface area (Å²) in [5.41, 5.74) is 8.95. The molecule has 1 aliphatic rings. The minimum atomic E-state index is -0.205. The normalized spacial score (nSPS) is 13.7. The number of fused-ring (bicyclic) bond motifs is 3. The van der Waals surface area contributed by atoms with Gasteiger partial charge in [0.25, 0.3) is 0 Å². The van der Waals surface area contributed by atoms with Gasteiger partial charge < -0.3 is 0 Å². The fourth-order valence-electron chi connectivity index (χ4n) is 5.75. The highest BCUT2D eigenvalue weighted by molar-refractivity contribution is 5.96. The summed E-state index contributed by atoms with van der Waals surface area (Å²) in [6.07, 6.45) is 3.88. The number of hydrogen-bond donors (Lipinski definition) is 0. The summed E-state index contributed by atoms with van der Waals surface area (Å²) in [7, 11) is 0. The van der Waals surface area contributed by atoms with E-state index in [2.05, 4.69) is 122 Å². The maximum atomic E-state index is 4.92. The second kappa shape index (κ2) is 8.67. The minimum Gasteiger partial charge on any atom is -0.294 e. The Morgan fingerprint density at radius 3 is 2.26 bits per heavy atom. The van der Waals surface area contributed by atoms with E-state index < -0.39 is 0 Å². The summed E-state index contributed by atoms with van der Waals surface area (Å²) in [5.74, 6) is 0.988. The molecule has 0 saturated heterocycles. The molecule has 1 aliphatic heterocycles. The molecule has 0 amide bonds. The first kappa shape index (κ1) is 22.4. The predicted molar refractivity (Wildman–Crippen MR) is 157 cm³/mol. The number of anilines is 3. The zero-order valence-electron chi connectivity index (χ0n) is 21.5. The summed E-state index contributed by atoms with van der Waals surface area (Å²) in [4.78, 5) is 12.0. The number of nitrogens with zero attached hydrogens (tertiary/aromatic N) is 3. The quantitative estimate of drug-likeness (QED) is 0.248. The van der Waals surface area contributed by atoms with Gasteiger partial charge in [-0.25, -0.2) is 4.98 Å². The molecular weight excluding hydrogens is 462 g/mol. The molecule has 0 fully saturated rings. The molecule has 3 nitrogen and oxygen atoms in total. The summed E-state index contributed by atoms with van der Waals surface area (Å²) in [6, 6.07) is 40.7. The first-order chi connectivity index (χ1) is 18.6. The van der Waals surface area contributed by atoms with E-state index in [4.69, 9.17) is 9.97 Å². The third kappa shape index (κ3) is 3.51. The molecule has 2 aromatic heterocycles. The molecule has 0 atom stereocenters. The second-order valence-corrected chi connectivity index (χ2v) is 10.4. The highest BCUT2D eigenvalue weighted by Crippen LogP contribution is 2.51.